The third-order valence-corrected chi connectivity index (χ3v) is 5.85. The average Bonchev–Trinajstić information content (AvgIpc) is 2.93. The molecule has 2 N–H and O–H groups in total. The van der Waals surface area contributed by atoms with Crippen LogP contribution in [0, 0.1) is 5.92 Å². The number of fused-ring (bicyclic) bond motifs is 1. The minimum absolute atomic E-state index is 0.0513. The molecule has 4 unspecified atom stereocenters. The van der Waals surface area contributed by atoms with E-state index in [0.29, 0.717) is 11.3 Å². The van der Waals surface area contributed by atoms with Crippen molar-refractivity contribution in [3.05, 3.63) is 53.6 Å². The average molecular weight is 410 g/mol. The molecule has 1 aromatic rings. The van der Waals surface area contributed by atoms with Gasteiger partial charge in [0.05, 0.1) is 6.04 Å². The lowest BCUT2D eigenvalue weighted by molar-refractivity contribution is -0.150. The summed E-state index contributed by atoms with van der Waals surface area (Å²) >= 11 is 0. The molecular weight excluding hydrogens is 384 g/mol. The second kappa shape index (κ2) is 7.40. The van der Waals surface area contributed by atoms with E-state index in [-0.39, 0.29) is 24.2 Å². The monoisotopic (exact) mass is 410 g/mol. The Morgan fingerprint density at radius 1 is 1.20 bits per heavy atom. The maximum atomic E-state index is 13.2. The summed E-state index contributed by atoms with van der Waals surface area (Å²) in [5.74, 6) is -1.29. The molecule has 7 nitrogen and oxygen atoms in total. The second-order valence-electron chi connectivity index (χ2n) is 8.98. The number of piperidine rings is 1. The molecule has 0 saturated carbocycles. The molecule has 1 aromatic carbocycles. The van der Waals surface area contributed by atoms with Crippen molar-refractivity contribution in [2.45, 2.75) is 57.4 Å². The number of hydrogen-bond donors (Lipinski definition) is 2. The SMILES string of the molecule is CC(C)(C)c1cccc(OC2C=CC=C3C(=O)N(C4CCC(=O)NC4O)C(=O)C32)c1. The lowest BCUT2D eigenvalue weighted by Gasteiger charge is -2.34. The van der Waals surface area contributed by atoms with Gasteiger partial charge in [0.1, 0.15) is 24.0 Å². The van der Waals surface area contributed by atoms with Crippen LogP contribution in [-0.2, 0) is 19.8 Å². The van der Waals surface area contributed by atoms with E-state index in [9.17, 15) is 19.5 Å². The van der Waals surface area contributed by atoms with Crippen molar-refractivity contribution in [2.24, 2.45) is 5.92 Å². The number of amides is 3. The Hall–Kier alpha value is -2.93. The molecule has 158 valence electrons. The normalized spacial score (nSPS) is 28.9. The van der Waals surface area contributed by atoms with Crippen LogP contribution < -0.4 is 10.1 Å². The van der Waals surface area contributed by atoms with Crippen LogP contribution >= 0.6 is 0 Å². The zero-order valence-electron chi connectivity index (χ0n) is 17.3. The fraction of sp³-hybridized carbons (Fsp3) is 0.435. The molecule has 0 spiro atoms. The van der Waals surface area contributed by atoms with Crippen molar-refractivity contribution >= 4 is 17.7 Å². The van der Waals surface area contributed by atoms with Crippen molar-refractivity contribution in [1.29, 1.82) is 0 Å². The number of benzene rings is 1. The molecule has 3 aliphatic rings. The molecule has 4 rings (SSSR count). The van der Waals surface area contributed by atoms with Gasteiger partial charge in [0.2, 0.25) is 11.8 Å². The molecule has 2 saturated heterocycles. The van der Waals surface area contributed by atoms with Crippen molar-refractivity contribution in [1.82, 2.24) is 10.2 Å². The van der Waals surface area contributed by atoms with Crippen LogP contribution in [0.2, 0.25) is 0 Å². The molecular formula is C23H26N2O5. The Labute approximate surface area is 175 Å². The molecule has 0 aromatic heterocycles. The van der Waals surface area contributed by atoms with E-state index in [1.165, 1.54) is 0 Å². The summed E-state index contributed by atoms with van der Waals surface area (Å²) in [6.07, 6.45) is 3.61. The van der Waals surface area contributed by atoms with Crippen LogP contribution in [0.1, 0.15) is 39.2 Å². The number of nitrogens with one attached hydrogen (secondary N) is 1. The first-order valence-corrected chi connectivity index (χ1v) is 10.2. The van der Waals surface area contributed by atoms with Gasteiger partial charge < -0.3 is 15.2 Å². The summed E-state index contributed by atoms with van der Waals surface area (Å²) in [5, 5.41) is 12.6. The third-order valence-electron chi connectivity index (χ3n) is 5.85. The highest BCUT2D eigenvalue weighted by Gasteiger charge is 2.52. The number of aliphatic hydroxyl groups excluding tert-OH is 1. The van der Waals surface area contributed by atoms with Gasteiger partial charge in [-0.1, -0.05) is 45.1 Å². The second-order valence-corrected chi connectivity index (χ2v) is 8.98. The van der Waals surface area contributed by atoms with Gasteiger partial charge in [-0.15, -0.1) is 0 Å². The number of hydrogen-bond acceptors (Lipinski definition) is 5. The first-order chi connectivity index (χ1) is 14.2. The summed E-state index contributed by atoms with van der Waals surface area (Å²) in [6.45, 7) is 6.33. The number of nitrogens with zero attached hydrogens (tertiary/aromatic N) is 1. The van der Waals surface area contributed by atoms with Gasteiger partial charge in [-0.2, -0.15) is 0 Å². The largest absolute Gasteiger partial charge is 0.485 e. The predicted molar refractivity (Wildman–Crippen MR) is 109 cm³/mol. The zero-order valence-corrected chi connectivity index (χ0v) is 17.3. The fourth-order valence-corrected chi connectivity index (χ4v) is 4.18. The number of carbonyl (C=O) groups is 3. The molecule has 2 heterocycles. The van der Waals surface area contributed by atoms with E-state index >= 15 is 0 Å². The summed E-state index contributed by atoms with van der Waals surface area (Å²) < 4.78 is 6.14. The lowest BCUT2D eigenvalue weighted by Crippen LogP contribution is -2.57. The van der Waals surface area contributed by atoms with Crippen molar-refractivity contribution in [3.8, 4) is 5.75 Å². The molecule has 2 aliphatic heterocycles. The van der Waals surface area contributed by atoms with Crippen LogP contribution in [-0.4, -0.2) is 46.1 Å². The Balaban J connectivity index is 1.58. The van der Waals surface area contributed by atoms with Crippen molar-refractivity contribution in [3.63, 3.8) is 0 Å². The summed E-state index contributed by atoms with van der Waals surface area (Å²) in [5.41, 5.74) is 1.40. The summed E-state index contributed by atoms with van der Waals surface area (Å²) in [6, 6.07) is 6.94. The highest BCUT2D eigenvalue weighted by molar-refractivity contribution is 6.16. The van der Waals surface area contributed by atoms with Gasteiger partial charge in [-0.25, -0.2) is 0 Å². The molecule has 2 fully saturated rings. The van der Waals surface area contributed by atoms with E-state index in [0.717, 1.165) is 10.5 Å². The van der Waals surface area contributed by atoms with Gasteiger partial charge in [0.25, 0.3) is 5.91 Å². The highest BCUT2D eigenvalue weighted by Crippen LogP contribution is 2.37. The van der Waals surface area contributed by atoms with Gasteiger partial charge in [-0.05, 0) is 35.6 Å². The van der Waals surface area contributed by atoms with E-state index in [1.807, 2.05) is 24.3 Å². The Morgan fingerprint density at radius 3 is 2.67 bits per heavy atom. The van der Waals surface area contributed by atoms with Crippen LogP contribution in [0.25, 0.3) is 0 Å². The van der Waals surface area contributed by atoms with Crippen LogP contribution in [0.5, 0.6) is 5.75 Å². The third kappa shape index (κ3) is 3.54. The van der Waals surface area contributed by atoms with E-state index in [4.69, 9.17) is 4.74 Å². The van der Waals surface area contributed by atoms with Gasteiger partial charge in [-0.3, -0.25) is 19.3 Å². The smallest absolute Gasteiger partial charge is 0.257 e. The van der Waals surface area contributed by atoms with Gasteiger partial charge in [0.15, 0.2) is 0 Å². The van der Waals surface area contributed by atoms with Crippen molar-refractivity contribution in [2.75, 3.05) is 0 Å². The van der Waals surface area contributed by atoms with E-state index < -0.39 is 36.1 Å². The number of rotatable bonds is 3. The molecule has 7 heteroatoms. The predicted octanol–water partition coefficient (Wildman–Crippen LogP) is 1.81. The van der Waals surface area contributed by atoms with Crippen molar-refractivity contribution < 1.29 is 24.2 Å². The van der Waals surface area contributed by atoms with E-state index in [1.54, 1.807) is 18.2 Å². The molecule has 0 bridgehead atoms. The molecule has 30 heavy (non-hydrogen) atoms. The first-order valence-electron chi connectivity index (χ1n) is 10.2. The Morgan fingerprint density at radius 2 is 1.97 bits per heavy atom. The zero-order chi connectivity index (χ0) is 21.6. The van der Waals surface area contributed by atoms with Crippen LogP contribution in [0.4, 0.5) is 0 Å². The quantitative estimate of drug-likeness (QED) is 0.741. The maximum absolute atomic E-state index is 13.2. The fourth-order valence-electron chi connectivity index (χ4n) is 4.18. The number of ether oxygens (including phenoxy) is 1. The number of carbonyl (C=O) groups excluding carboxylic acids is 3. The van der Waals surface area contributed by atoms with Gasteiger partial charge in [0, 0.05) is 12.0 Å². The minimum atomic E-state index is -1.27. The molecule has 3 amide bonds. The maximum Gasteiger partial charge on any atom is 0.257 e. The molecule has 1 aliphatic carbocycles. The lowest BCUT2D eigenvalue weighted by atomic mass is 9.87. The Bertz CT molecular complexity index is 959. The number of aliphatic hydroxyl groups is 1. The van der Waals surface area contributed by atoms with E-state index in [2.05, 4.69) is 26.1 Å². The minimum Gasteiger partial charge on any atom is -0.485 e. The number of likely N-dealkylation sites (tertiary alicyclic amines) is 1. The van der Waals surface area contributed by atoms with Gasteiger partial charge >= 0.3 is 0 Å². The number of imide groups is 1. The topological polar surface area (TPSA) is 95.9 Å². The summed E-state index contributed by atoms with van der Waals surface area (Å²) in [7, 11) is 0. The first kappa shape index (κ1) is 20.3. The highest BCUT2D eigenvalue weighted by atomic mass is 16.5. The Kier molecular flexibility index (Phi) is 5.02. The number of allylic oxidation sites excluding steroid dienone is 2. The molecule has 4 atom stereocenters. The van der Waals surface area contributed by atoms with Crippen LogP contribution in [0.15, 0.2) is 48.1 Å². The van der Waals surface area contributed by atoms with Crippen LogP contribution in [0.3, 0.4) is 0 Å². The summed E-state index contributed by atoms with van der Waals surface area (Å²) in [4.78, 5) is 38.8. The standard InChI is InChI=1S/C23H26N2O5/c1-23(2,3)13-6-4-7-14(12-13)30-17-9-5-8-15-19(17)22(29)25(21(15)28)16-10-11-18(26)24-20(16)27/h4-9,12,16-17,19-20,27H,10-11H2,1-3H3,(H,24,26). The molecule has 0 radical (unpaired) electrons.